The van der Waals surface area contributed by atoms with Gasteiger partial charge in [0.25, 0.3) is 0 Å². The fourth-order valence-corrected chi connectivity index (χ4v) is 1.54. The minimum atomic E-state index is -1.16. The molecule has 0 aromatic rings. The summed E-state index contributed by atoms with van der Waals surface area (Å²) in [7, 11) is 0. The molecule has 2 amide bonds. The van der Waals surface area contributed by atoms with Crippen LogP contribution in [0, 0.1) is 5.41 Å². The van der Waals surface area contributed by atoms with E-state index in [0.717, 1.165) is 4.90 Å². The maximum atomic E-state index is 11.7. The third-order valence-corrected chi connectivity index (χ3v) is 2.29. The van der Waals surface area contributed by atoms with Gasteiger partial charge in [0.2, 0.25) is 5.91 Å². The normalized spacial score (nSPS) is 23.8. The van der Waals surface area contributed by atoms with Crippen molar-refractivity contribution in [2.24, 2.45) is 5.41 Å². The minimum Gasteiger partial charge on any atom is -0.465 e. The van der Waals surface area contributed by atoms with Crippen LogP contribution in [0.5, 0.6) is 0 Å². The van der Waals surface area contributed by atoms with Crippen molar-refractivity contribution >= 4 is 12.0 Å². The second-order valence-electron chi connectivity index (χ2n) is 4.53. The van der Waals surface area contributed by atoms with Crippen LogP contribution in [0.2, 0.25) is 0 Å². The van der Waals surface area contributed by atoms with Gasteiger partial charge >= 0.3 is 6.09 Å². The molecule has 5 nitrogen and oxygen atoms in total. The molecule has 0 saturated carbocycles. The lowest BCUT2D eigenvalue weighted by molar-refractivity contribution is -0.136. The highest BCUT2D eigenvalue weighted by atomic mass is 16.4. The molecule has 2 N–H and O–H groups in total. The molecule has 0 bridgehead atoms. The summed E-state index contributed by atoms with van der Waals surface area (Å²) in [5.41, 5.74) is -0.259. The third kappa shape index (κ3) is 2.04. The fraction of sp³-hybridized carbons (Fsp3) is 0.778. The smallest absolute Gasteiger partial charge is 0.414 e. The van der Waals surface area contributed by atoms with Crippen LogP contribution in [-0.4, -0.2) is 41.1 Å². The second kappa shape index (κ2) is 3.57. The van der Waals surface area contributed by atoms with E-state index in [1.165, 1.54) is 0 Å². The van der Waals surface area contributed by atoms with Crippen molar-refractivity contribution < 1.29 is 14.7 Å². The molecule has 0 aliphatic carbocycles. The monoisotopic (exact) mass is 200 g/mol. The molecule has 1 fully saturated rings. The number of nitrogens with one attached hydrogen (secondary N) is 1. The Kier molecular flexibility index (Phi) is 2.80. The first-order chi connectivity index (χ1) is 6.34. The average Bonchev–Trinajstić information content (AvgIpc) is 2.01. The van der Waals surface area contributed by atoms with E-state index in [4.69, 9.17) is 5.11 Å². The summed E-state index contributed by atoms with van der Waals surface area (Å²) in [6.45, 7) is 6.50. The van der Waals surface area contributed by atoms with Crippen LogP contribution in [0.1, 0.15) is 20.8 Å². The van der Waals surface area contributed by atoms with Crippen molar-refractivity contribution in [2.45, 2.75) is 26.8 Å². The number of hydrogen-bond donors (Lipinski definition) is 2. The lowest BCUT2D eigenvalue weighted by atomic mass is 9.85. The van der Waals surface area contributed by atoms with E-state index in [0.29, 0.717) is 6.54 Å². The van der Waals surface area contributed by atoms with Crippen molar-refractivity contribution in [3.05, 3.63) is 0 Å². The number of carboxylic acid groups (broad SMARTS) is 1. The molecule has 5 heteroatoms. The lowest BCUT2D eigenvalue weighted by Gasteiger charge is -2.37. The molecule has 14 heavy (non-hydrogen) atoms. The number of hydrogen-bond acceptors (Lipinski definition) is 3. The van der Waals surface area contributed by atoms with E-state index < -0.39 is 12.1 Å². The molecule has 0 radical (unpaired) electrons. The summed E-state index contributed by atoms with van der Waals surface area (Å²) >= 11 is 0. The van der Waals surface area contributed by atoms with E-state index in [9.17, 15) is 9.59 Å². The largest absolute Gasteiger partial charge is 0.465 e. The number of amides is 2. The molecule has 0 spiro atoms. The van der Waals surface area contributed by atoms with E-state index in [1.807, 2.05) is 20.8 Å². The maximum absolute atomic E-state index is 11.7. The highest BCUT2D eigenvalue weighted by Gasteiger charge is 2.39. The van der Waals surface area contributed by atoms with E-state index in [-0.39, 0.29) is 17.9 Å². The first-order valence-corrected chi connectivity index (χ1v) is 4.61. The summed E-state index contributed by atoms with van der Waals surface area (Å²) < 4.78 is 0. The van der Waals surface area contributed by atoms with Gasteiger partial charge < -0.3 is 10.4 Å². The van der Waals surface area contributed by atoms with Gasteiger partial charge in [-0.1, -0.05) is 20.8 Å². The molecule has 1 atom stereocenters. The first kappa shape index (κ1) is 11.0. The molecule has 1 unspecified atom stereocenters. The summed E-state index contributed by atoms with van der Waals surface area (Å²) in [5.74, 6) is -0.351. The Hall–Kier alpha value is -1.10. The SMILES string of the molecule is CC(C)(C)C1NCCN(C(=O)O)C1=O. The quantitative estimate of drug-likeness (QED) is 0.597. The van der Waals surface area contributed by atoms with Gasteiger partial charge in [0.05, 0.1) is 6.04 Å². The van der Waals surface area contributed by atoms with Gasteiger partial charge in [0.1, 0.15) is 0 Å². The molecule has 80 valence electrons. The van der Waals surface area contributed by atoms with Crippen LogP contribution >= 0.6 is 0 Å². The Morgan fingerprint density at radius 3 is 2.57 bits per heavy atom. The zero-order valence-corrected chi connectivity index (χ0v) is 8.70. The van der Waals surface area contributed by atoms with E-state index >= 15 is 0 Å². The van der Waals surface area contributed by atoms with Crippen LogP contribution in [0.25, 0.3) is 0 Å². The molecule has 1 heterocycles. The predicted octanol–water partition coefficient (Wildman–Crippen LogP) is 0.511. The van der Waals surface area contributed by atoms with Gasteiger partial charge in [-0.05, 0) is 5.41 Å². The second-order valence-corrected chi connectivity index (χ2v) is 4.53. The summed E-state index contributed by atoms with van der Waals surface area (Å²) in [6.07, 6.45) is -1.16. The van der Waals surface area contributed by atoms with Gasteiger partial charge in [0.15, 0.2) is 0 Å². The zero-order chi connectivity index (χ0) is 10.9. The maximum Gasteiger partial charge on any atom is 0.414 e. The van der Waals surface area contributed by atoms with Gasteiger partial charge in [-0.3, -0.25) is 4.79 Å². The summed E-state index contributed by atoms with van der Waals surface area (Å²) in [4.78, 5) is 23.3. The fourth-order valence-electron chi connectivity index (χ4n) is 1.54. The molecule has 0 aromatic heterocycles. The Morgan fingerprint density at radius 1 is 1.57 bits per heavy atom. The molecule has 1 rings (SSSR count). The highest BCUT2D eigenvalue weighted by molar-refractivity contribution is 5.95. The number of rotatable bonds is 0. The van der Waals surface area contributed by atoms with Gasteiger partial charge in [-0.2, -0.15) is 0 Å². The molecular formula is C9H16N2O3. The van der Waals surface area contributed by atoms with Crippen molar-refractivity contribution in [1.82, 2.24) is 10.2 Å². The number of imide groups is 1. The van der Waals surface area contributed by atoms with Crippen LogP contribution in [0.3, 0.4) is 0 Å². The highest BCUT2D eigenvalue weighted by Crippen LogP contribution is 2.22. The summed E-state index contributed by atoms with van der Waals surface area (Å²) in [5, 5.41) is 11.8. The molecule has 1 saturated heterocycles. The number of carbonyl (C=O) groups excluding carboxylic acids is 1. The standard InChI is InChI=1S/C9H16N2O3/c1-9(2,3)6-7(12)11(8(13)14)5-4-10-6/h6,10H,4-5H2,1-3H3,(H,13,14). The molecule has 1 aliphatic rings. The van der Waals surface area contributed by atoms with Crippen molar-refractivity contribution in [3.8, 4) is 0 Å². The van der Waals surface area contributed by atoms with Crippen LogP contribution < -0.4 is 5.32 Å². The molecular weight excluding hydrogens is 184 g/mol. The van der Waals surface area contributed by atoms with Crippen LogP contribution in [0.15, 0.2) is 0 Å². The number of carbonyl (C=O) groups is 2. The Labute approximate surface area is 83.1 Å². The van der Waals surface area contributed by atoms with Crippen molar-refractivity contribution in [2.75, 3.05) is 13.1 Å². The van der Waals surface area contributed by atoms with Crippen molar-refractivity contribution in [3.63, 3.8) is 0 Å². The van der Waals surface area contributed by atoms with E-state index in [1.54, 1.807) is 0 Å². The van der Waals surface area contributed by atoms with Crippen LogP contribution in [0.4, 0.5) is 4.79 Å². The summed E-state index contributed by atoms with van der Waals surface area (Å²) in [6, 6.07) is -0.410. The predicted molar refractivity (Wildman–Crippen MR) is 51.0 cm³/mol. The Bertz CT molecular complexity index is 257. The number of piperazine rings is 1. The number of nitrogens with zero attached hydrogens (tertiary/aromatic N) is 1. The molecule has 1 aliphatic heterocycles. The van der Waals surface area contributed by atoms with E-state index in [2.05, 4.69) is 5.32 Å². The minimum absolute atomic E-state index is 0.237. The van der Waals surface area contributed by atoms with Crippen LogP contribution in [-0.2, 0) is 4.79 Å². The van der Waals surface area contributed by atoms with Gasteiger partial charge in [0, 0.05) is 13.1 Å². The third-order valence-electron chi connectivity index (χ3n) is 2.29. The average molecular weight is 200 g/mol. The lowest BCUT2D eigenvalue weighted by Crippen LogP contribution is -2.60. The Morgan fingerprint density at radius 2 is 2.14 bits per heavy atom. The topological polar surface area (TPSA) is 69.6 Å². The zero-order valence-electron chi connectivity index (χ0n) is 8.70. The molecule has 0 aromatic carbocycles. The van der Waals surface area contributed by atoms with Crippen molar-refractivity contribution in [1.29, 1.82) is 0 Å². The van der Waals surface area contributed by atoms with Gasteiger partial charge in [-0.25, -0.2) is 9.69 Å². The van der Waals surface area contributed by atoms with Gasteiger partial charge in [-0.15, -0.1) is 0 Å². The first-order valence-electron chi connectivity index (χ1n) is 4.61. The Balaban J connectivity index is 2.82.